The Morgan fingerprint density at radius 3 is 2.48 bits per heavy atom. The zero-order chi connectivity index (χ0) is 28.8. The lowest BCUT2D eigenvalue weighted by atomic mass is 9.49. The molecular weight excluding hydrogens is 530 g/mol. The molecule has 0 spiro atoms. The minimum absolute atomic E-state index is 0.0871. The predicted octanol–water partition coefficient (Wildman–Crippen LogP) is 5.80. The predicted molar refractivity (Wildman–Crippen MR) is 155 cm³/mol. The first-order valence-corrected chi connectivity index (χ1v) is 14.3. The number of carbonyl (C=O) groups is 1. The third kappa shape index (κ3) is 7.08. The van der Waals surface area contributed by atoms with Crippen LogP contribution in [0.1, 0.15) is 62.9 Å². The molecule has 1 aliphatic carbocycles. The molecule has 1 atom stereocenters. The van der Waals surface area contributed by atoms with Gasteiger partial charge in [-0.25, -0.2) is 0 Å². The Morgan fingerprint density at radius 1 is 1.07 bits per heavy atom. The number of amides is 1. The van der Waals surface area contributed by atoms with E-state index in [1.54, 1.807) is 18.2 Å². The maximum atomic E-state index is 13.1. The van der Waals surface area contributed by atoms with Crippen LogP contribution in [-0.2, 0) is 14.2 Å². The van der Waals surface area contributed by atoms with Gasteiger partial charge < -0.3 is 29.6 Å². The molecule has 40 heavy (non-hydrogen) atoms. The zero-order valence-corrected chi connectivity index (χ0v) is 24.6. The fourth-order valence-corrected chi connectivity index (χ4v) is 6.21. The highest BCUT2D eigenvalue weighted by Gasteiger charge is 2.64. The van der Waals surface area contributed by atoms with Crippen molar-refractivity contribution in [3.8, 4) is 11.8 Å². The number of nitriles is 1. The van der Waals surface area contributed by atoms with Gasteiger partial charge in [0.1, 0.15) is 17.9 Å². The number of benzene rings is 2. The minimum atomic E-state index is -0.324. The highest BCUT2D eigenvalue weighted by atomic mass is 35.5. The van der Waals surface area contributed by atoms with E-state index in [0.717, 1.165) is 31.6 Å². The van der Waals surface area contributed by atoms with Crippen molar-refractivity contribution >= 4 is 23.2 Å². The summed E-state index contributed by atoms with van der Waals surface area (Å²) in [5.41, 5.74) is 1.28. The second-order valence-corrected chi connectivity index (χ2v) is 12.0. The van der Waals surface area contributed by atoms with Gasteiger partial charge >= 0.3 is 0 Å². The van der Waals surface area contributed by atoms with Crippen LogP contribution in [0.25, 0.3) is 0 Å². The Kier molecular flexibility index (Phi) is 9.96. The maximum absolute atomic E-state index is 13.1. The van der Waals surface area contributed by atoms with Gasteiger partial charge in [-0.1, -0.05) is 39.3 Å². The smallest absolute Gasteiger partial charge is 0.251 e. The molecule has 9 heteroatoms. The fraction of sp³-hybridized carbons (Fsp3) is 0.548. The largest absolute Gasteiger partial charge is 0.489 e. The number of halogens is 1. The van der Waals surface area contributed by atoms with Crippen molar-refractivity contribution in [3.63, 3.8) is 0 Å². The topological polar surface area (TPSA) is 102 Å². The number of ether oxygens (including phenoxy) is 4. The van der Waals surface area contributed by atoms with E-state index in [9.17, 15) is 4.79 Å². The van der Waals surface area contributed by atoms with E-state index in [1.165, 1.54) is 0 Å². The van der Waals surface area contributed by atoms with E-state index < -0.39 is 0 Å². The van der Waals surface area contributed by atoms with Crippen LogP contribution in [0.4, 0.5) is 5.69 Å². The monoisotopic (exact) mass is 569 g/mol. The minimum Gasteiger partial charge on any atom is -0.489 e. The Hall–Kier alpha value is -2.83. The number of carbonyl (C=O) groups excluding carboxylic acids is 1. The average molecular weight is 570 g/mol. The molecule has 1 amide bonds. The third-order valence-corrected chi connectivity index (χ3v) is 8.13. The summed E-state index contributed by atoms with van der Waals surface area (Å²) in [6, 6.07) is 14.5. The van der Waals surface area contributed by atoms with Gasteiger partial charge in [-0.2, -0.15) is 5.26 Å². The summed E-state index contributed by atoms with van der Waals surface area (Å²) in [7, 11) is 0. The quantitative estimate of drug-likeness (QED) is 0.312. The highest BCUT2D eigenvalue weighted by molar-refractivity contribution is 6.31. The number of nitrogens with zero attached hydrogens (tertiary/aromatic N) is 1. The number of rotatable bonds is 12. The summed E-state index contributed by atoms with van der Waals surface area (Å²) >= 11 is 6.19. The van der Waals surface area contributed by atoms with Crippen LogP contribution in [0.5, 0.6) is 5.75 Å². The molecule has 2 aromatic carbocycles. The third-order valence-electron chi connectivity index (χ3n) is 7.82. The Balaban J connectivity index is 1.21. The maximum Gasteiger partial charge on any atom is 0.251 e. The number of anilines is 1. The van der Waals surface area contributed by atoms with Gasteiger partial charge in [-0.05, 0) is 55.7 Å². The van der Waals surface area contributed by atoms with Crippen molar-refractivity contribution in [1.29, 1.82) is 5.26 Å². The van der Waals surface area contributed by atoms with Gasteiger partial charge in [0.25, 0.3) is 5.91 Å². The molecule has 1 saturated carbocycles. The second kappa shape index (κ2) is 13.2. The Morgan fingerprint density at radius 2 is 1.82 bits per heavy atom. The van der Waals surface area contributed by atoms with Crippen LogP contribution in [0.15, 0.2) is 42.5 Å². The molecule has 2 N–H and O–H groups in total. The molecule has 4 rings (SSSR count). The zero-order valence-electron chi connectivity index (χ0n) is 23.8. The number of hydrogen-bond acceptors (Lipinski definition) is 7. The van der Waals surface area contributed by atoms with Crippen molar-refractivity contribution in [2.24, 2.45) is 10.8 Å². The summed E-state index contributed by atoms with van der Waals surface area (Å²) in [6.07, 6.45) is 2.97. The molecule has 0 bridgehead atoms. The molecular formula is C31H40ClN3O5. The SMILES string of the molecule is CC1(C)C(NC(=O)c2ccc(NCCOCCOC3CCCCO3)cc2)C(C)(C)C1Oc1ccc(C#N)c(Cl)c1. The lowest BCUT2D eigenvalue weighted by Crippen LogP contribution is -2.74. The number of nitrogens with one attached hydrogen (secondary N) is 2. The van der Waals surface area contributed by atoms with E-state index in [1.807, 2.05) is 24.3 Å². The molecule has 1 unspecified atom stereocenters. The second-order valence-electron chi connectivity index (χ2n) is 11.6. The highest BCUT2D eigenvalue weighted by Crippen LogP contribution is 2.55. The molecule has 8 nitrogen and oxygen atoms in total. The molecule has 216 valence electrons. The first-order chi connectivity index (χ1) is 19.1. The molecule has 0 aromatic heterocycles. The lowest BCUT2D eigenvalue weighted by molar-refractivity contribution is -0.168. The van der Waals surface area contributed by atoms with Crippen LogP contribution in [-0.4, -0.2) is 57.3 Å². The van der Waals surface area contributed by atoms with E-state index >= 15 is 0 Å². The van der Waals surface area contributed by atoms with Gasteiger partial charge in [0.2, 0.25) is 0 Å². The number of hydrogen-bond donors (Lipinski definition) is 2. The fourth-order valence-electron chi connectivity index (χ4n) is 6.00. The van der Waals surface area contributed by atoms with E-state index in [0.29, 0.717) is 48.3 Å². The van der Waals surface area contributed by atoms with E-state index in [4.69, 9.17) is 35.8 Å². The molecule has 2 aromatic rings. The van der Waals surface area contributed by atoms with Crippen LogP contribution in [0.3, 0.4) is 0 Å². The van der Waals surface area contributed by atoms with Gasteiger partial charge in [-0.3, -0.25) is 4.79 Å². The summed E-state index contributed by atoms with van der Waals surface area (Å²) < 4.78 is 23.2. The molecule has 0 radical (unpaired) electrons. The van der Waals surface area contributed by atoms with Crippen molar-refractivity contribution in [3.05, 3.63) is 58.6 Å². The first kappa shape index (κ1) is 30.1. The molecule has 1 heterocycles. The summed E-state index contributed by atoms with van der Waals surface area (Å²) in [5.74, 6) is 0.485. The normalized spacial score (nSPS) is 22.9. The average Bonchev–Trinajstić information content (AvgIpc) is 2.94. The van der Waals surface area contributed by atoms with Crippen LogP contribution in [0.2, 0.25) is 5.02 Å². The van der Waals surface area contributed by atoms with E-state index in [-0.39, 0.29) is 35.2 Å². The van der Waals surface area contributed by atoms with Crippen LogP contribution < -0.4 is 15.4 Å². The summed E-state index contributed by atoms with van der Waals surface area (Å²) in [4.78, 5) is 13.1. The lowest BCUT2D eigenvalue weighted by Gasteiger charge is -2.63. The van der Waals surface area contributed by atoms with E-state index in [2.05, 4.69) is 44.4 Å². The van der Waals surface area contributed by atoms with Crippen LogP contribution in [0, 0.1) is 22.2 Å². The Bertz CT molecular complexity index is 1170. The summed E-state index contributed by atoms with van der Waals surface area (Å²) in [6.45, 7) is 11.4. The first-order valence-electron chi connectivity index (χ1n) is 13.9. The molecule has 1 saturated heterocycles. The molecule has 2 fully saturated rings. The summed E-state index contributed by atoms with van der Waals surface area (Å²) in [5, 5.41) is 16.0. The van der Waals surface area contributed by atoms with Crippen molar-refractivity contribution < 1.29 is 23.7 Å². The van der Waals surface area contributed by atoms with Crippen molar-refractivity contribution in [2.45, 2.75) is 65.4 Å². The van der Waals surface area contributed by atoms with Gasteiger partial charge in [0, 0.05) is 47.3 Å². The van der Waals surface area contributed by atoms with Gasteiger partial charge in [-0.15, -0.1) is 0 Å². The Labute approximate surface area is 242 Å². The van der Waals surface area contributed by atoms with Gasteiger partial charge in [0.05, 0.1) is 30.4 Å². The van der Waals surface area contributed by atoms with Crippen molar-refractivity contribution in [2.75, 3.05) is 38.3 Å². The van der Waals surface area contributed by atoms with Crippen LogP contribution >= 0.6 is 11.6 Å². The molecule has 2 aliphatic rings. The van der Waals surface area contributed by atoms with Crippen molar-refractivity contribution in [1.82, 2.24) is 5.32 Å². The van der Waals surface area contributed by atoms with Gasteiger partial charge in [0.15, 0.2) is 6.29 Å². The standard InChI is InChI=1S/C31H40ClN3O5/c1-30(2)28(31(3,4)29(30)40-24-13-10-22(20-33)25(32)19-24)35-27(36)21-8-11-23(12-9-21)34-14-16-37-17-18-39-26-7-5-6-15-38-26/h8-13,19,26,28-29,34H,5-7,14-18H2,1-4H3,(H,35,36). The molecule has 1 aliphatic heterocycles.